The largest absolute Gasteiger partial charge is 0.399 e. The van der Waals surface area contributed by atoms with Crippen LogP contribution in [0.1, 0.15) is 21.5 Å². The molecule has 0 bridgehead atoms. The summed E-state index contributed by atoms with van der Waals surface area (Å²) in [6.07, 6.45) is 0. The first-order valence-electron chi connectivity index (χ1n) is 6.02. The summed E-state index contributed by atoms with van der Waals surface area (Å²) in [6.45, 7) is 3.06. The van der Waals surface area contributed by atoms with Crippen LogP contribution in [-0.4, -0.2) is 5.91 Å². The lowest BCUT2D eigenvalue weighted by Gasteiger charge is -2.11. The summed E-state index contributed by atoms with van der Waals surface area (Å²) in [5.41, 5.74) is 6.62. The van der Waals surface area contributed by atoms with Gasteiger partial charge in [-0.05, 0) is 43.7 Å². The second-order valence-corrected chi connectivity index (χ2v) is 4.57. The lowest BCUT2D eigenvalue weighted by atomic mass is 10.1. The molecule has 3 N–H and O–H groups in total. The Labute approximate surface area is 115 Å². The molecule has 0 atom stereocenters. The number of hydrogen-bond donors (Lipinski definition) is 2. The van der Waals surface area contributed by atoms with E-state index in [4.69, 9.17) is 5.73 Å². The Kier molecular flexibility index (Phi) is 3.70. The van der Waals surface area contributed by atoms with Gasteiger partial charge in [0.05, 0.1) is 5.56 Å². The van der Waals surface area contributed by atoms with Crippen molar-refractivity contribution in [1.82, 2.24) is 0 Å². The van der Waals surface area contributed by atoms with Gasteiger partial charge in [0.25, 0.3) is 5.91 Å². The monoisotopic (exact) mass is 276 g/mol. The molecule has 0 aliphatic rings. The van der Waals surface area contributed by atoms with Crippen molar-refractivity contribution in [2.45, 2.75) is 13.8 Å². The molecule has 1 amide bonds. The lowest BCUT2D eigenvalue weighted by Crippen LogP contribution is -2.16. The zero-order valence-corrected chi connectivity index (χ0v) is 11.1. The first kappa shape index (κ1) is 14.0. The van der Waals surface area contributed by atoms with Crippen LogP contribution in [0, 0.1) is 25.5 Å². The molecule has 0 unspecified atom stereocenters. The van der Waals surface area contributed by atoms with Crippen molar-refractivity contribution in [2.75, 3.05) is 11.1 Å². The van der Waals surface area contributed by atoms with Crippen LogP contribution >= 0.6 is 0 Å². The predicted molar refractivity (Wildman–Crippen MR) is 74.6 cm³/mol. The fourth-order valence-corrected chi connectivity index (χ4v) is 1.90. The smallest absolute Gasteiger partial charge is 0.258 e. The van der Waals surface area contributed by atoms with Gasteiger partial charge in [0, 0.05) is 16.9 Å². The highest BCUT2D eigenvalue weighted by Gasteiger charge is 2.16. The summed E-state index contributed by atoms with van der Waals surface area (Å²) >= 11 is 0. The maximum absolute atomic E-state index is 13.9. The van der Waals surface area contributed by atoms with Crippen LogP contribution in [-0.2, 0) is 0 Å². The van der Waals surface area contributed by atoms with Crippen molar-refractivity contribution >= 4 is 17.3 Å². The third-order valence-corrected chi connectivity index (χ3v) is 3.04. The van der Waals surface area contributed by atoms with E-state index in [1.54, 1.807) is 6.07 Å². The number of amides is 1. The third kappa shape index (κ3) is 2.61. The Balaban J connectivity index is 2.36. The number of nitrogens with two attached hydrogens (primary N) is 1. The van der Waals surface area contributed by atoms with Gasteiger partial charge in [-0.15, -0.1) is 0 Å². The first-order chi connectivity index (χ1) is 9.40. The van der Waals surface area contributed by atoms with Gasteiger partial charge in [-0.1, -0.05) is 6.07 Å². The van der Waals surface area contributed by atoms with Crippen molar-refractivity contribution in [3.05, 3.63) is 58.7 Å². The van der Waals surface area contributed by atoms with E-state index in [2.05, 4.69) is 5.32 Å². The molecule has 0 fully saturated rings. The number of rotatable bonds is 2. The molecule has 0 heterocycles. The van der Waals surface area contributed by atoms with E-state index in [9.17, 15) is 13.6 Å². The van der Waals surface area contributed by atoms with E-state index >= 15 is 0 Å². The van der Waals surface area contributed by atoms with Crippen molar-refractivity contribution < 1.29 is 13.6 Å². The van der Waals surface area contributed by atoms with Crippen molar-refractivity contribution in [3.63, 3.8) is 0 Å². The number of aryl methyl sites for hydroxylation is 1. The highest BCUT2D eigenvalue weighted by atomic mass is 19.1. The fraction of sp³-hybridized carbons (Fsp3) is 0.133. The molecule has 0 aliphatic carbocycles. The van der Waals surface area contributed by atoms with E-state index in [1.807, 2.05) is 0 Å². The normalized spacial score (nSPS) is 10.4. The number of hydrogen-bond acceptors (Lipinski definition) is 2. The molecule has 5 heteroatoms. The summed E-state index contributed by atoms with van der Waals surface area (Å²) in [4.78, 5) is 12.1. The Morgan fingerprint density at radius 3 is 2.60 bits per heavy atom. The molecule has 0 saturated heterocycles. The van der Waals surface area contributed by atoms with Crippen LogP contribution in [0.3, 0.4) is 0 Å². The zero-order chi connectivity index (χ0) is 14.9. The molecule has 0 aliphatic heterocycles. The van der Waals surface area contributed by atoms with Gasteiger partial charge in [-0.3, -0.25) is 4.79 Å². The molecule has 20 heavy (non-hydrogen) atoms. The van der Waals surface area contributed by atoms with E-state index < -0.39 is 17.5 Å². The Morgan fingerprint density at radius 1 is 1.20 bits per heavy atom. The van der Waals surface area contributed by atoms with Crippen molar-refractivity contribution in [1.29, 1.82) is 0 Å². The topological polar surface area (TPSA) is 55.1 Å². The minimum absolute atomic E-state index is 0.161. The zero-order valence-electron chi connectivity index (χ0n) is 11.1. The van der Waals surface area contributed by atoms with Crippen LogP contribution in [0.5, 0.6) is 0 Å². The summed E-state index contributed by atoms with van der Waals surface area (Å²) < 4.78 is 27.3. The summed E-state index contributed by atoms with van der Waals surface area (Å²) in [5.74, 6) is -1.73. The molecule has 2 aromatic carbocycles. The SMILES string of the molecule is Cc1cc(N)cc(C(=O)Nc2cccc(F)c2C)c1F. The van der Waals surface area contributed by atoms with Gasteiger partial charge in [0.1, 0.15) is 11.6 Å². The third-order valence-electron chi connectivity index (χ3n) is 3.04. The highest BCUT2D eigenvalue weighted by molar-refractivity contribution is 6.05. The molecule has 0 saturated carbocycles. The first-order valence-corrected chi connectivity index (χ1v) is 6.02. The van der Waals surface area contributed by atoms with Crippen LogP contribution in [0.25, 0.3) is 0 Å². The quantitative estimate of drug-likeness (QED) is 0.826. The van der Waals surface area contributed by atoms with E-state index in [0.717, 1.165) is 0 Å². The Morgan fingerprint density at radius 2 is 1.90 bits per heavy atom. The number of carbonyl (C=O) groups excluding carboxylic acids is 1. The molecule has 104 valence electrons. The van der Waals surface area contributed by atoms with Crippen LogP contribution in [0.4, 0.5) is 20.2 Å². The van der Waals surface area contributed by atoms with E-state index in [0.29, 0.717) is 16.9 Å². The number of benzene rings is 2. The Hall–Kier alpha value is -2.43. The van der Waals surface area contributed by atoms with Crippen molar-refractivity contribution in [2.24, 2.45) is 0 Å². The second kappa shape index (κ2) is 5.28. The maximum atomic E-state index is 13.9. The molecule has 3 nitrogen and oxygen atoms in total. The van der Waals surface area contributed by atoms with Gasteiger partial charge in [-0.2, -0.15) is 0 Å². The van der Waals surface area contributed by atoms with Gasteiger partial charge in [0.15, 0.2) is 0 Å². The average Bonchev–Trinajstić information content (AvgIpc) is 2.39. The number of anilines is 2. The van der Waals surface area contributed by atoms with E-state index in [-0.39, 0.29) is 11.1 Å². The van der Waals surface area contributed by atoms with Gasteiger partial charge in [-0.25, -0.2) is 8.78 Å². The molecule has 0 radical (unpaired) electrons. The van der Waals surface area contributed by atoms with Crippen LogP contribution in [0.15, 0.2) is 30.3 Å². The summed E-state index contributed by atoms with van der Waals surface area (Å²) in [7, 11) is 0. The summed E-state index contributed by atoms with van der Waals surface area (Å²) in [5, 5.41) is 2.49. The molecule has 0 aromatic heterocycles. The highest BCUT2D eigenvalue weighted by Crippen LogP contribution is 2.21. The number of carbonyl (C=O) groups is 1. The number of nitrogen functional groups attached to an aromatic ring is 1. The molecule has 0 spiro atoms. The lowest BCUT2D eigenvalue weighted by molar-refractivity contribution is 0.102. The Bertz CT molecular complexity index is 684. The summed E-state index contributed by atoms with van der Waals surface area (Å²) in [6, 6.07) is 7.01. The van der Waals surface area contributed by atoms with Gasteiger partial charge in [0.2, 0.25) is 0 Å². The average molecular weight is 276 g/mol. The number of nitrogens with one attached hydrogen (secondary N) is 1. The molecular formula is C15H14F2N2O. The van der Waals surface area contributed by atoms with Gasteiger partial charge >= 0.3 is 0 Å². The van der Waals surface area contributed by atoms with Gasteiger partial charge < -0.3 is 11.1 Å². The van der Waals surface area contributed by atoms with E-state index in [1.165, 1.54) is 38.1 Å². The maximum Gasteiger partial charge on any atom is 0.258 e. The molecular weight excluding hydrogens is 262 g/mol. The number of halogens is 2. The predicted octanol–water partition coefficient (Wildman–Crippen LogP) is 3.42. The standard InChI is InChI=1S/C15H14F2N2O/c1-8-6-10(18)7-11(14(8)17)15(20)19-13-5-3-4-12(16)9(13)2/h3-7H,18H2,1-2H3,(H,19,20). The fourth-order valence-electron chi connectivity index (χ4n) is 1.90. The van der Waals surface area contributed by atoms with Crippen LogP contribution in [0.2, 0.25) is 0 Å². The van der Waals surface area contributed by atoms with Crippen molar-refractivity contribution in [3.8, 4) is 0 Å². The molecule has 2 rings (SSSR count). The second-order valence-electron chi connectivity index (χ2n) is 4.57. The van der Waals surface area contributed by atoms with Crippen LogP contribution < -0.4 is 11.1 Å². The minimum atomic E-state index is -0.661. The molecule has 2 aromatic rings. The minimum Gasteiger partial charge on any atom is -0.399 e.